The predicted octanol–water partition coefficient (Wildman–Crippen LogP) is 5.62. The van der Waals surface area contributed by atoms with Crippen LogP contribution >= 0.6 is 0 Å². The topological polar surface area (TPSA) is 0 Å². The fraction of sp³-hybridized carbons (Fsp3) is 0.933. The number of rotatable bonds is 10. The van der Waals surface area contributed by atoms with Gasteiger partial charge in [0.15, 0.2) is 0 Å². The van der Waals surface area contributed by atoms with E-state index in [1.807, 2.05) is 0 Å². The number of hydrogen-bond acceptors (Lipinski definition) is 0. The molecule has 15 heavy (non-hydrogen) atoms. The van der Waals surface area contributed by atoms with Crippen LogP contribution in [0.25, 0.3) is 0 Å². The molecule has 0 saturated heterocycles. The van der Waals surface area contributed by atoms with E-state index in [0.717, 1.165) is 11.8 Å². The summed E-state index contributed by atoms with van der Waals surface area (Å²) in [5.41, 5.74) is 0. The molecule has 0 aliphatic heterocycles. The second kappa shape index (κ2) is 10.5. The Morgan fingerprint density at radius 3 is 2.20 bits per heavy atom. The van der Waals surface area contributed by atoms with E-state index in [1.54, 1.807) is 0 Å². The molecule has 0 aliphatic carbocycles. The van der Waals surface area contributed by atoms with Crippen LogP contribution in [0.2, 0.25) is 0 Å². The molecule has 0 aromatic rings. The van der Waals surface area contributed by atoms with Gasteiger partial charge in [0.2, 0.25) is 0 Å². The van der Waals surface area contributed by atoms with Gasteiger partial charge in [-0.25, -0.2) is 0 Å². The van der Waals surface area contributed by atoms with Gasteiger partial charge in [0.25, 0.3) is 0 Å². The fourth-order valence-electron chi connectivity index (χ4n) is 2.21. The van der Waals surface area contributed by atoms with Gasteiger partial charge >= 0.3 is 0 Å². The standard InChI is InChI=1S/C15H31/c1-5-8-10-11-14(4)13-15(7-3)12-9-6-2/h11,14-15H,5-10,12-13H2,1-4H3. The summed E-state index contributed by atoms with van der Waals surface area (Å²) in [7, 11) is 0. The summed E-state index contributed by atoms with van der Waals surface area (Å²) < 4.78 is 0. The number of hydrogen-bond donors (Lipinski definition) is 0. The van der Waals surface area contributed by atoms with Crippen LogP contribution in [0, 0.1) is 18.3 Å². The van der Waals surface area contributed by atoms with E-state index < -0.39 is 0 Å². The Bertz CT molecular complexity index is 117. The SMILES string of the molecule is CCCC[CH]C(C)CC(CC)CCCC. The second-order valence-corrected chi connectivity index (χ2v) is 5.01. The molecule has 0 bridgehead atoms. The Kier molecular flexibility index (Phi) is 10.5. The first-order chi connectivity index (χ1) is 7.24. The van der Waals surface area contributed by atoms with Gasteiger partial charge < -0.3 is 0 Å². The Morgan fingerprint density at radius 2 is 1.67 bits per heavy atom. The number of unbranched alkanes of at least 4 members (excludes halogenated alkanes) is 3. The summed E-state index contributed by atoms with van der Waals surface area (Å²) in [6.45, 7) is 9.31. The van der Waals surface area contributed by atoms with Crippen LogP contribution in [-0.2, 0) is 0 Å². The van der Waals surface area contributed by atoms with E-state index in [-0.39, 0.29) is 0 Å². The monoisotopic (exact) mass is 211 g/mol. The molecule has 0 saturated carbocycles. The van der Waals surface area contributed by atoms with Crippen LogP contribution in [0.4, 0.5) is 0 Å². The van der Waals surface area contributed by atoms with Crippen molar-refractivity contribution in [2.45, 2.75) is 79.1 Å². The third-order valence-corrected chi connectivity index (χ3v) is 3.38. The van der Waals surface area contributed by atoms with Gasteiger partial charge in [-0.3, -0.25) is 0 Å². The van der Waals surface area contributed by atoms with Crippen LogP contribution in [0.5, 0.6) is 0 Å². The second-order valence-electron chi connectivity index (χ2n) is 5.01. The van der Waals surface area contributed by atoms with Gasteiger partial charge in [-0.05, 0) is 31.1 Å². The molecule has 0 spiro atoms. The van der Waals surface area contributed by atoms with Gasteiger partial charge in [0.1, 0.15) is 0 Å². The molecule has 0 heterocycles. The van der Waals surface area contributed by atoms with Crippen molar-refractivity contribution in [3.8, 4) is 0 Å². The van der Waals surface area contributed by atoms with Crippen molar-refractivity contribution in [2.75, 3.05) is 0 Å². The van der Waals surface area contributed by atoms with E-state index in [2.05, 4.69) is 34.1 Å². The maximum absolute atomic E-state index is 2.54. The van der Waals surface area contributed by atoms with Gasteiger partial charge in [-0.15, -0.1) is 0 Å². The molecule has 0 aromatic heterocycles. The highest BCUT2D eigenvalue weighted by Crippen LogP contribution is 2.24. The Balaban J connectivity index is 3.55. The molecule has 0 nitrogen and oxygen atoms in total. The van der Waals surface area contributed by atoms with Gasteiger partial charge in [-0.1, -0.05) is 66.2 Å². The summed E-state index contributed by atoms with van der Waals surface area (Å²) in [5.74, 6) is 1.80. The van der Waals surface area contributed by atoms with Crippen molar-refractivity contribution in [3.05, 3.63) is 6.42 Å². The van der Waals surface area contributed by atoms with Crippen LogP contribution in [-0.4, -0.2) is 0 Å². The third-order valence-electron chi connectivity index (χ3n) is 3.38. The minimum Gasteiger partial charge on any atom is -0.0654 e. The lowest BCUT2D eigenvalue weighted by atomic mass is 9.87. The highest BCUT2D eigenvalue weighted by atomic mass is 14.2. The fourth-order valence-corrected chi connectivity index (χ4v) is 2.21. The van der Waals surface area contributed by atoms with E-state index in [4.69, 9.17) is 0 Å². The first-order valence-electron chi connectivity index (χ1n) is 7.07. The van der Waals surface area contributed by atoms with Crippen molar-refractivity contribution in [3.63, 3.8) is 0 Å². The third kappa shape index (κ3) is 8.96. The largest absolute Gasteiger partial charge is 0.0654 e. The Hall–Kier alpha value is 0. The lowest BCUT2D eigenvalue weighted by Gasteiger charge is -2.19. The van der Waals surface area contributed by atoms with Crippen LogP contribution in [0.15, 0.2) is 0 Å². The summed E-state index contributed by atoms with van der Waals surface area (Å²) in [6.07, 6.45) is 13.6. The molecule has 0 aromatic carbocycles. The Labute approximate surface area is 97.8 Å². The maximum atomic E-state index is 2.54. The molecule has 0 fully saturated rings. The predicted molar refractivity (Wildman–Crippen MR) is 70.9 cm³/mol. The average Bonchev–Trinajstić information content (AvgIpc) is 2.24. The van der Waals surface area contributed by atoms with Crippen molar-refractivity contribution in [1.29, 1.82) is 0 Å². The zero-order valence-corrected chi connectivity index (χ0v) is 11.4. The molecular formula is C15H31. The summed E-state index contributed by atoms with van der Waals surface area (Å²) in [5, 5.41) is 0. The molecular weight excluding hydrogens is 180 g/mol. The first kappa shape index (κ1) is 15.0. The molecule has 0 rings (SSSR count). The highest BCUT2D eigenvalue weighted by Gasteiger charge is 2.10. The lowest BCUT2D eigenvalue weighted by molar-refractivity contribution is 0.368. The molecule has 0 amide bonds. The van der Waals surface area contributed by atoms with E-state index in [9.17, 15) is 0 Å². The molecule has 0 heteroatoms. The Morgan fingerprint density at radius 1 is 1.00 bits per heavy atom. The van der Waals surface area contributed by atoms with E-state index in [1.165, 1.54) is 51.4 Å². The average molecular weight is 211 g/mol. The van der Waals surface area contributed by atoms with Crippen molar-refractivity contribution in [1.82, 2.24) is 0 Å². The minimum absolute atomic E-state index is 0.832. The van der Waals surface area contributed by atoms with Crippen molar-refractivity contribution < 1.29 is 0 Å². The molecule has 0 N–H and O–H groups in total. The quantitative estimate of drug-likeness (QED) is 0.411. The molecule has 91 valence electrons. The first-order valence-corrected chi connectivity index (χ1v) is 7.07. The van der Waals surface area contributed by atoms with Gasteiger partial charge in [0, 0.05) is 0 Å². The smallest absolute Gasteiger partial charge is 0.0357 e. The normalized spacial score (nSPS) is 15.2. The highest BCUT2D eigenvalue weighted by molar-refractivity contribution is 4.75. The van der Waals surface area contributed by atoms with E-state index >= 15 is 0 Å². The molecule has 2 unspecified atom stereocenters. The van der Waals surface area contributed by atoms with Gasteiger partial charge in [0.05, 0.1) is 0 Å². The van der Waals surface area contributed by atoms with Crippen LogP contribution < -0.4 is 0 Å². The van der Waals surface area contributed by atoms with Crippen molar-refractivity contribution in [2.24, 2.45) is 11.8 Å². The van der Waals surface area contributed by atoms with Crippen LogP contribution in [0.1, 0.15) is 79.1 Å². The zero-order valence-electron chi connectivity index (χ0n) is 11.4. The zero-order chi connectivity index (χ0) is 11.5. The van der Waals surface area contributed by atoms with E-state index in [0.29, 0.717) is 0 Å². The van der Waals surface area contributed by atoms with Crippen molar-refractivity contribution >= 4 is 0 Å². The van der Waals surface area contributed by atoms with Gasteiger partial charge in [-0.2, -0.15) is 0 Å². The van der Waals surface area contributed by atoms with Crippen LogP contribution in [0.3, 0.4) is 0 Å². The summed E-state index contributed by atoms with van der Waals surface area (Å²) >= 11 is 0. The maximum Gasteiger partial charge on any atom is -0.0357 e. The molecule has 2 atom stereocenters. The summed E-state index contributed by atoms with van der Waals surface area (Å²) in [4.78, 5) is 0. The summed E-state index contributed by atoms with van der Waals surface area (Å²) in [6, 6.07) is 0. The molecule has 0 aliphatic rings. The molecule has 1 radical (unpaired) electrons. The lowest BCUT2D eigenvalue weighted by Crippen LogP contribution is -2.06. The minimum atomic E-state index is 0.832.